The highest BCUT2D eigenvalue weighted by Crippen LogP contribution is 2.39. The molecule has 3 rings (SSSR count). The number of hydrogen-bond acceptors (Lipinski definition) is 4. The number of hydrogen-bond donors (Lipinski definition) is 1. The first-order chi connectivity index (χ1) is 7.67. The van der Waals surface area contributed by atoms with Crippen LogP contribution < -0.4 is 5.73 Å². The summed E-state index contributed by atoms with van der Waals surface area (Å²) in [5, 5.41) is 0. The Labute approximate surface area is 95.8 Å². The summed E-state index contributed by atoms with van der Waals surface area (Å²) in [6.07, 6.45) is 6.21. The minimum absolute atomic E-state index is 0.261. The lowest BCUT2D eigenvalue weighted by Crippen LogP contribution is -2.43. The Bertz CT molecular complexity index is 383. The highest BCUT2D eigenvalue weighted by molar-refractivity contribution is 5.14. The van der Waals surface area contributed by atoms with E-state index in [-0.39, 0.29) is 5.54 Å². The van der Waals surface area contributed by atoms with Gasteiger partial charge in [0.2, 0.25) is 5.89 Å². The zero-order valence-electron chi connectivity index (χ0n) is 9.78. The van der Waals surface area contributed by atoms with Gasteiger partial charge < -0.3 is 15.1 Å². The van der Waals surface area contributed by atoms with E-state index >= 15 is 0 Å². The van der Waals surface area contributed by atoms with Gasteiger partial charge in [0.1, 0.15) is 6.26 Å². The van der Waals surface area contributed by atoms with E-state index in [0.717, 1.165) is 37.5 Å². The molecule has 1 unspecified atom stereocenters. The second-order valence-electron chi connectivity index (χ2n) is 5.34. The van der Waals surface area contributed by atoms with Crippen LogP contribution in [0.5, 0.6) is 0 Å². The number of aromatic nitrogens is 1. The van der Waals surface area contributed by atoms with Gasteiger partial charge in [0.15, 0.2) is 0 Å². The molecule has 1 aromatic heterocycles. The molecular weight excluding hydrogens is 202 g/mol. The Morgan fingerprint density at radius 1 is 1.56 bits per heavy atom. The fourth-order valence-electron chi connectivity index (χ4n) is 2.65. The van der Waals surface area contributed by atoms with E-state index < -0.39 is 0 Å². The molecule has 0 bridgehead atoms. The second kappa shape index (κ2) is 3.57. The summed E-state index contributed by atoms with van der Waals surface area (Å²) in [4.78, 5) is 6.94. The molecule has 2 fully saturated rings. The Morgan fingerprint density at radius 2 is 2.38 bits per heavy atom. The van der Waals surface area contributed by atoms with Crippen LogP contribution >= 0.6 is 0 Å². The Hall–Kier alpha value is -0.870. The Morgan fingerprint density at radius 3 is 2.94 bits per heavy atom. The maximum Gasteiger partial charge on any atom is 0.214 e. The smallest absolute Gasteiger partial charge is 0.214 e. The lowest BCUT2D eigenvalue weighted by molar-refractivity contribution is 0.198. The van der Waals surface area contributed by atoms with E-state index in [1.165, 1.54) is 12.8 Å². The van der Waals surface area contributed by atoms with Crippen molar-refractivity contribution in [2.24, 2.45) is 5.73 Å². The molecule has 1 aliphatic heterocycles. The molecule has 4 heteroatoms. The van der Waals surface area contributed by atoms with Gasteiger partial charge in [-0.15, -0.1) is 0 Å². The molecule has 2 aliphatic rings. The number of rotatable bonds is 2. The van der Waals surface area contributed by atoms with Gasteiger partial charge in [-0.05, 0) is 39.3 Å². The highest BCUT2D eigenvalue weighted by Gasteiger charge is 2.39. The summed E-state index contributed by atoms with van der Waals surface area (Å²) in [5.74, 6) is 1.29. The first-order valence-electron chi connectivity index (χ1n) is 6.11. The third kappa shape index (κ3) is 1.57. The van der Waals surface area contributed by atoms with E-state index in [2.05, 4.69) is 16.9 Å². The van der Waals surface area contributed by atoms with Gasteiger partial charge in [-0.1, -0.05) is 0 Å². The van der Waals surface area contributed by atoms with Gasteiger partial charge in [0, 0.05) is 12.5 Å². The topological polar surface area (TPSA) is 55.3 Å². The van der Waals surface area contributed by atoms with Crippen LogP contribution in [0.15, 0.2) is 10.7 Å². The van der Waals surface area contributed by atoms with Crippen LogP contribution in [0.4, 0.5) is 0 Å². The molecule has 0 spiro atoms. The number of nitrogens with zero attached hydrogens (tertiary/aromatic N) is 2. The van der Waals surface area contributed by atoms with Crippen LogP contribution in [-0.4, -0.2) is 30.0 Å². The molecule has 16 heavy (non-hydrogen) atoms. The molecule has 1 aromatic rings. The first-order valence-corrected chi connectivity index (χ1v) is 6.11. The minimum atomic E-state index is -0.261. The molecule has 2 N–H and O–H groups in total. The molecule has 1 aliphatic carbocycles. The molecule has 88 valence electrons. The van der Waals surface area contributed by atoms with Gasteiger partial charge in [0.25, 0.3) is 0 Å². The number of oxazole rings is 1. The average molecular weight is 221 g/mol. The summed E-state index contributed by atoms with van der Waals surface area (Å²) in [5.41, 5.74) is 7.03. The number of nitrogens with two attached hydrogens (primary N) is 1. The standard InChI is InChI=1S/C12H19N3O/c1-15-6-3-9(7-15)10-8-16-11(14-10)12(13)4-2-5-12/h8-9H,2-7,13H2,1H3. The third-order valence-corrected chi connectivity index (χ3v) is 4.00. The van der Waals surface area contributed by atoms with Gasteiger partial charge in [-0.25, -0.2) is 4.98 Å². The van der Waals surface area contributed by atoms with Crippen LogP contribution in [0.25, 0.3) is 0 Å². The van der Waals surface area contributed by atoms with Crippen molar-refractivity contribution < 1.29 is 4.42 Å². The van der Waals surface area contributed by atoms with Crippen molar-refractivity contribution in [1.82, 2.24) is 9.88 Å². The molecule has 0 aromatic carbocycles. The van der Waals surface area contributed by atoms with Gasteiger partial charge >= 0.3 is 0 Å². The lowest BCUT2D eigenvalue weighted by atomic mass is 9.78. The summed E-state index contributed by atoms with van der Waals surface area (Å²) < 4.78 is 5.56. The molecule has 0 amide bonds. The van der Waals surface area contributed by atoms with Crippen LogP contribution in [-0.2, 0) is 5.54 Å². The molecular formula is C12H19N3O. The highest BCUT2D eigenvalue weighted by atomic mass is 16.3. The van der Waals surface area contributed by atoms with E-state index in [1.807, 2.05) is 6.26 Å². The zero-order valence-corrected chi connectivity index (χ0v) is 9.78. The van der Waals surface area contributed by atoms with E-state index in [4.69, 9.17) is 10.2 Å². The van der Waals surface area contributed by atoms with Crippen LogP contribution in [0.2, 0.25) is 0 Å². The van der Waals surface area contributed by atoms with Crippen molar-refractivity contribution in [3.05, 3.63) is 17.8 Å². The fraction of sp³-hybridized carbons (Fsp3) is 0.750. The molecule has 1 saturated carbocycles. The maximum absolute atomic E-state index is 6.20. The first kappa shape index (κ1) is 10.3. The van der Waals surface area contributed by atoms with Gasteiger partial charge in [0.05, 0.1) is 11.2 Å². The van der Waals surface area contributed by atoms with Crippen molar-refractivity contribution in [3.63, 3.8) is 0 Å². The second-order valence-corrected chi connectivity index (χ2v) is 5.34. The molecule has 0 radical (unpaired) electrons. The molecule has 2 heterocycles. The minimum Gasteiger partial charge on any atom is -0.447 e. The predicted octanol–water partition coefficient (Wildman–Crippen LogP) is 1.43. The SMILES string of the molecule is CN1CCC(c2coc(C3(N)CCC3)n2)C1. The molecule has 4 nitrogen and oxygen atoms in total. The molecule has 1 atom stereocenters. The number of likely N-dealkylation sites (N-methyl/N-ethyl adjacent to an activating group) is 1. The predicted molar refractivity (Wildman–Crippen MR) is 61.1 cm³/mol. The Kier molecular flexibility index (Phi) is 2.30. The largest absolute Gasteiger partial charge is 0.447 e. The lowest BCUT2D eigenvalue weighted by Gasteiger charge is -2.34. The maximum atomic E-state index is 6.20. The van der Waals surface area contributed by atoms with Crippen LogP contribution in [0, 0.1) is 0 Å². The van der Waals surface area contributed by atoms with E-state index in [9.17, 15) is 0 Å². The van der Waals surface area contributed by atoms with Gasteiger partial charge in [-0.3, -0.25) is 0 Å². The zero-order chi connectivity index (χ0) is 11.2. The normalized spacial score (nSPS) is 29.2. The quantitative estimate of drug-likeness (QED) is 0.821. The third-order valence-electron chi connectivity index (χ3n) is 4.00. The van der Waals surface area contributed by atoms with Crippen LogP contribution in [0.3, 0.4) is 0 Å². The fourth-order valence-corrected chi connectivity index (χ4v) is 2.65. The van der Waals surface area contributed by atoms with Crippen molar-refractivity contribution in [2.75, 3.05) is 20.1 Å². The summed E-state index contributed by atoms with van der Waals surface area (Å²) in [6.45, 7) is 2.24. The van der Waals surface area contributed by atoms with Gasteiger partial charge in [-0.2, -0.15) is 0 Å². The average Bonchev–Trinajstić information content (AvgIpc) is 2.82. The summed E-state index contributed by atoms with van der Waals surface area (Å²) in [7, 11) is 2.15. The van der Waals surface area contributed by atoms with Crippen molar-refractivity contribution in [1.29, 1.82) is 0 Å². The monoisotopic (exact) mass is 221 g/mol. The van der Waals surface area contributed by atoms with Crippen molar-refractivity contribution >= 4 is 0 Å². The van der Waals surface area contributed by atoms with E-state index in [1.54, 1.807) is 0 Å². The van der Waals surface area contributed by atoms with E-state index in [0.29, 0.717) is 5.92 Å². The van der Waals surface area contributed by atoms with Crippen molar-refractivity contribution in [3.8, 4) is 0 Å². The van der Waals surface area contributed by atoms with Crippen LogP contribution in [0.1, 0.15) is 43.2 Å². The summed E-state index contributed by atoms with van der Waals surface area (Å²) >= 11 is 0. The van der Waals surface area contributed by atoms with Crippen molar-refractivity contribution in [2.45, 2.75) is 37.1 Å². The number of likely N-dealkylation sites (tertiary alicyclic amines) is 1. The summed E-state index contributed by atoms with van der Waals surface area (Å²) in [6, 6.07) is 0. The Balaban J connectivity index is 1.77. The molecule has 1 saturated heterocycles.